The molecule has 1 aliphatic rings. The highest BCUT2D eigenvalue weighted by Gasteiger charge is 2.25. The third-order valence-corrected chi connectivity index (χ3v) is 5.22. The molecule has 1 saturated heterocycles. The molecule has 0 unspecified atom stereocenters. The maximum Gasteiger partial charge on any atom is 0.254 e. The normalized spacial score (nSPS) is 15.0. The maximum absolute atomic E-state index is 13.8. The first-order valence-corrected chi connectivity index (χ1v) is 9.41. The zero-order valence-electron chi connectivity index (χ0n) is 15.1. The molecule has 2 heterocycles. The summed E-state index contributed by atoms with van der Waals surface area (Å²) in [6.07, 6.45) is 2.67. The molecule has 1 aliphatic heterocycles. The Morgan fingerprint density at radius 2 is 1.83 bits per heavy atom. The minimum atomic E-state index is -1.65. The topological polar surface area (TPSA) is 58.1 Å². The highest BCUT2D eigenvalue weighted by molar-refractivity contribution is 6.31. The van der Waals surface area contributed by atoms with Crippen LogP contribution in [0, 0.1) is 17.5 Å². The van der Waals surface area contributed by atoms with Crippen LogP contribution in [0.25, 0.3) is 10.9 Å². The van der Waals surface area contributed by atoms with Crippen molar-refractivity contribution in [2.75, 3.05) is 18.0 Å². The monoisotopic (exact) mass is 420 g/mol. The summed E-state index contributed by atoms with van der Waals surface area (Å²) in [5.41, 5.74) is 0.233. The smallest absolute Gasteiger partial charge is 0.254 e. The number of halogens is 4. The average Bonchev–Trinajstić information content (AvgIpc) is 2.72. The van der Waals surface area contributed by atoms with E-state index < -0.39 is 28.9 Å². The minimum Gasteiger partial charge on any atom is -0.356 e. The lowest BCUT2D eigenvalue weighted by molar-refractivity contribution is 0.0925. The van der Waals surface area contributed by atoms with E-state index in [1.165, 1.54) is 6.33 Å². The number of anilines is 1. The SMILES string of the molecule is O=C(NC1CCN(c2ncnc3cc(Cl)ccc23)CC1)c1ccc(F)c(F)c1F. The predicted octanol–water partition coefficient (Wildman–Crippen LogP) is 4.10. The number of aromatic nitrogens is 2. The van der Waals surface area contributed by atoms with Gasteiger partial charge in [-0.1, -0.05) is 11.6 Å². The first-order chi connectivity index (χ1) is 13.9. The maximum atomic E-state index is 13.8. The molecule has 1 N–H and O–H groups in total. The second-order valence-electron chi connectivity index (χ2n) is 6.82. The summed E-state index contributed by atoms with van der Waals surface area (Å²) in [7, 11) is 0. The van der Waals surface area contributed by atoms with Gasteiger partial charge in [0.25, 0.3) is 5.91 Å². The zero-order chi connectivity index (χ0) is 20.5. The van der Waals surface area contributed by atoms with E-state index in [4.69, 9.17) is 11.6 Å². The van der Waals surface area contributed by atoms with Crippen LogP contribution >= 0.6 is 11.6 Å². The molecule has 4 rings (SSSR count). The molecule has 0 radical (unpaired) electrons. The standard InChI is InChI=1S/C20H16ClF3N4O/c21-11-1-2-13-16(9-11)25-10-26-19(13)28-7-5-12(6-8-28)27-20(29)14-3-4-15(22)18(24)17(14)23/h1-4,9-10,12H,5-8H2,(H,27,29). The number of benzene rings is 2. The van der Waals surface area contributed by atoms with E-state index in [-0.39, 0.29) is 6.04 Å². The van der Waals surface area contributed by atoms with Gasteiger partial charge in [-0.05, 0) is 43.2 Å². The Bertz CT molecular complexity index is 1090. The second kappa shape index (κ2) is 7.87. The van der Waals surface area contributed by atoms with E-state index in [1.807, 2.05) is 6.07 Å². The number of fused-ring (bicyclic) bond motifs is 1. The molecule has 29 heavy (non-hydrogen) atoms. The number of hydrogen-bond donors (Lipinski definition) is 1. The molecule has 1 fully saturated rings. The molecule has 0 atom stereocenters. The van der Waals surface area contributed by atoms with Gasteiger partial charge in [0.1, 0.15) is 12.1 Å². The van der Waals surface area contributed by atoms with Crippen molar-refractivity contribution in [1.82, 2.24) is 15.3 Å². The Kier molecular flexibility index (Phi) is 5.27. The van der Waals surface area contributed by atoms with Crippen LogP contribution in [0.4, 0.5) is 19.0 Å². The summed E-state index contributed by atoms with van der Waals surface area (Å²) >= 11 is 6.02. The fourth-order valence-electron chi connectivity index (χ4n) is 3.47. The van der Waals surface area contributed by atoms with Crippen LogP contribution in [0.2, 0.25) is 5.02 Å². The lowest BCUT2D eigenvalue weighted by atomic mass is 10.0. The molecular weight excluding hydrogens is 405 g/mol. The summed E-state index contributed by atoms with van der Waals surface area (Å²) in [5, 5.41) is 4.16. The minimum absolute atomic E-state index is 0.214. The van der Waals surface area contributed by atoms with Gasteiger partial charge in [0, 0.05) is 29.5 Å². The van der Waals surface area contributed by atoms with Crippen molar-refractivity contribution in [2.45, 2.75) is 18.9 Å². The molecule has 5 nitrogen and oxygen atoms in total. The largest absolute Gasteiger partial charge is 0.356 e. The van der Waals surface area contributed by atoms with Crippen molar-refractivity contribution in [2.24, 2.45) is 0 Å². The Balaban J connectivity index is 1.44. The molecule has 3 aromatic rings. The van der Waals surface area contributed by atoms with Crippen LogP contribution in [-0.4, -0.2) is 35.0 Å². The third-order valence-electron chi connectivity index (χ3n) is 4.99. The van der Waals surface area contributed by atoms with E-state index in [0.717, 1.165) is 28.9 Å². The van der Waals surface area contributed by atoms with Crippen LogP contribution in [-0.2, 0) is 0 Å². The second-order valence-corrected chi connectivity index (χ2v) is 7.25. The van der Waals surface area contributed by atoms with E-state index in [9.17, 15) is 18.0 Å². The number of piperidine rings is 1. The summed E-state index contributed by atoms with van der Waals surface area (Å²) in [6, 6.07) is 6.88. The van der Waals surface area contributed by atoms with E-state index in [2.05, 4.69) is 20.2 Å². The lowest BCUT2D eigenvalue weighted by Crippen LogP contribution is -2.45. The van der Waals surface area contributed by atoms with Gasteiger partial charge in [-0.25, -0.2) is 23.1 Å². The van der Waals surface area contributed by atoms with Crippen LogP contribution in [0.15, 0.2) is 36.7 Å². The number of nitrogens with zero attached hydrogens (tertiary/aromatic N) is 3. The Hall–Kier alpha value is -2.87. The molecule has 9 heteroatoms. The quantitative estimate of drug-likeness (QED) is 0.648. The Morgan fingerprint density at radius 3 is 2.59 bits per heavy atom. The number of amides is 1. The lowest BCUT2D eigenvalue weighted by Gasteiger charge is -2.33. The summed E-state index contributed by atoms with van der Waals surface area (Å²) in [6.45, 7) is 1.22. The molecule has 0 saturated carbocycles. The van der Waals surface area contributed by atoms with Gasteiger partial charge in [0.2, 0.25) is 0 Å². The molecule has 1 aromatic heterocycles. The zero-order valence-corrected chi connectivity index (χ0v) is 15.9. The molecule has 0 aliphatic carbocycles. The highest BCUT2D eigenvalue weighted by Crippen LogP contribution is 2.27. The van der Waals surface area contributed by atoms with Gasteiger partial charge in [-0.2, -0.15) is 0 Å². The van der Waals surface area contributed by atoms with Crippen molar-refractivity contribution < 1.29 is 18.0 Å². The van der Waals surface area contributed by atoms with Gasteiger partial charge in [-0.15, -0.1) is 0 Å². The van der Waals surface area contributed by atoms with Gasteiger partial charge in [-0.3, -0.25) is 4.79 Å². The number of carbonyl (C=O) groups is 1. The number of rotatable bonds is 3. The van der Waals surface area contributed by atoms with Gasteiger partial charge in [0.05, 0.1) is 11.1 Å². The highest BCUT2D eigenvalue weighted by atomic mass is 35.5. The molecule has 150 valence electrons. The average molecular weight is 421 g/mol. The first-order valence-electron chi connectivity index (χ1n) is 9.03. The van der Waals surface area contributed by atoms with Crippen molar-refractivity contribution in [3.05, 3.63) is 64.7 Å². The van der Waals surface area contributed by atoms with E-state index in [0.29, 0.717) is 31.0 Å². The molecule has 0 spiro atoms. The van der Waals surface area contributed by atoms with Gasteiger partial charge >= 0.3 is 0 Å². The fourth-order valence-corrected chi connectivity index (χ4v) is 3.63. The van der Waals surface area contributed by atoms with Gasteiger partial charge in [0.15, 0.2) is 17.5 Å². The van der Waals surface area contributed by atoms with Crippen LogP contribution < -0.4 is 10.2 Å². The van der Waals surface area contributed by atoms with Crippen LogP contribution in [0.5, 0.6) is 0 Å². The van der Waals surface area contributed by atoms with Crippen molar-refractivity contribution in [3.63, 3.8) is 0 Å². The van der Waals surface area contributed by atoms with Crippen molar-refractivity contribution in [1.29, 1.82) is 0 Å². The number of nitrogens with one attached hydrogen (secondary N) is 1. The fraction of sp³-hybridized carbons (Fsp3) is 0.250. The van der Waals surface area contributed by atoms with E-state index >= 15 is 0 Å². The molecule has 1 amide bonds. The summed E-state index contributed by atoms with van der Waals surface area (Å²) < 4.78 is 40.2. The first kappa shape index (κ1) is 19.4. The van der Waals surface area contributed by atoms with E-state index in [1.54, 1.807) is 12.1 Å². The molecule has 0 bridgehead atoms. The summed E-state index contributed by atoms with van der Waals surface area (Å²) in [4.78, 5) is 23.0. The number of carbonyl (C=O) groups excluding carboxylic acids is 1. The molecular formula is C20H16ClF3N4O. The number of hydrogen-bond acceptors (Lipinski definition) is 4. The van der Waals surface area contributed by atoms with Crippen LogP contribution in [0.3, 0.4) is 0 Å². The summed E-state index contributed by atoms with van der Waals surface area (Å²) in [5.74, 6) is -4.44. The Morgan fingerprint density at radius 1 is 1.07 bits per heavy atom. The third kappa shape index (κ3) is 3.85. The van der Waals surface area contributed by atoms with Crippen molar-refractivity contribution >= 4 is 34.2 Å². The van der Waals surface area contributed by atoms with Crippen LogP contribution in [0.1, 0.15) is 23.2 Å². The Labute approximate surface area is 169 Å². The predicted molar refractivity (Wildman–Crippen MR) is 104 cm³/mol. The molecule has 2 aromatic carbocycles. The van der Waals surface area contributed by atoms with Gasteiger partial charge < -0.3 is 10.2 Å². The van der Waals surface area contributed by atoms with Crippen molar-refractivity contribution in [3.8, 4) is 0 Å².